The summed E-state index contributed by atoms with van der Waals surface area (Å²) in [6.45, 7) is 2.94. The van der Waals surface area contributed by atoms with E-state index >= 15 is 0 Å². The second-order valence-corrected chi connectivity index (χ2v) is 7.91. The third kappa shape index (κ3) is 3.70. The van der Waals surface area contributed by atoms with Gasteiger partial charge in [-0.1, -0.05) is 12.1 Å². The monoisotopic (exact) mass is 419 g/mol. The first kappa shape index (κ1) is 20.7. The number of aliphatic hydroxyl groups excluding tert-OH is 1. The van der Waals surface area contributed by atoms with E-state index in [1.807, 2.05) is 43.3 Å². The Morgan fingerprint density at radius 1 is 1.19 bits per heavy atom. The number of carbonyl (C=O) groups is 2. The van der Waals surface area contributed by atoms with Gasteiger partial charge in [0.05, 0.1) is 17.3 Å². The number of aliphatic hydroxyl groups is 1. The number of Topliss-reactive ketones (excluding diaryl/α,β-unsaturated/α-hetero) is 1. The van der Waals surface area contributed by atoms with Crippen molar-refractivity contribution in [2.75, 3.05) is 27.2 Å². The van der Waals surface area contributed by atoms with Crippen LogP contribution in [-0.2, 0) is 9.59 Å². The van der Waals surface area contributed by atoms with Crippen LogP contribution in [0.1, 0.15) is 29.4 Å². The predicted octanol–water partition coefficient (Wildman–Crippen LogP) is 2.41. The van der Waals surface area contributed by atoms with E-state index in [0.29, 0.717) is 35.6 Å². The molecule has 1 aliphatic heterocycles. The molecule has 160 valence electrons. The van der Waals surface area contributed by atoms with Gasteiger partial charge in [0.2, 0.25) is 0 Å². The molecule has 1 saturated heterocycles. The van der Waals surface area contributed by atoms with E-state index in [0.717, 1.165) is 6.54 Å². The lowest BCUT2D eigenvalue weighted by molar-refractivity contribution is -0.139. The van der Waals surface area contributed by atoms with Gasteiger partial charge >= 0.3 is 0 Å². The third-order valence-electron chi connectivity index (χ3n) is 5.47. The summed E-state index contributed by atoms with van der Waals surface area (Å²) in [7, 11) is 3.92. The van der Waals surface area contributed by atoms with Crippen molar-refractivity contribution >= 4 is 23.1 Å². The summed E-state index contributed by atoms with van der Waals surface area (Å²) in [5, 5.41) is 11.3. The Bertz CT molecular complexity index is 1170. The molecule has 1 N–H and O–H groups in total. The first-order valence-electron chi connectivity index (χ1n) is 10.2. The highest BCUT2D eigenvalue weighted by Gasteiger charge is 2.46. The van der Waals surface area contributed by atoms with Crippen molar-refractivity contribution in [1.29, 1.82) is 0 Å². The molecule has 31 heavy (non-hydrogen) atoms. The number of ketones is 1. The van der Waals surface area contributed by atoms with Crippen molar-refractivity contribution in [2.45, 2.75) is 19.4 Å². The Labute approximate surface area is 180 Å². The highest BCUT2D eigenvalue weighted by Crippen LogP contribution is 2.39. The summed E-state index contributed by atoms with van der Waals surface area (Å²) >= 11 is 0. The number of carbonyl (C=O) groups excluding carboxylic acids is 2. The number of aryl methyl sites for hydroxylation is 1. The maximum Gasteiger partial charge on any atom is 0.295 e. The first-order valence-corrected chi connectivity index (χ1v) is 10.2. The number of hydrogen-bond donors (Lipinski definition) is 1. The van der Waals surface area contributed by atoms with Gasteiger partial charge in [0.1, 0.15) is 11.3 Å². The van der Waals surface area contributed by atoms with Gasteiger partial charge in [0, 0.05) is 25.1 Å². The molecular formula is C23H25N5O3. The molecule has 0 saturated carbocycles. The van der Waals surface area contributed by atoms with Gasteiger partial charge in [-0.2, -0.15) is 0 Å². The van der Waals surface area contributed by atoms with Crippen molar-refractivity contribution in [2.24, 2.45) is 0 Å². The maximum atomic E-state index is 13.1. The van der Waals surface area contributed by atoms with Gasteiger partial charge in [0.25, 0.3) is 11.7 Å². The second kappa shape index (κ2) is 8.31. The summed E-state index contributed by atoms with van der Waals surface area (Å²) in [6, 6.07) is 8.37. The van der Waals surface area contributed by atoms with Crippen LogP contribution in [0.4, 0.5) is 0 Å². The molecule has 4 rings (SSSR count). The summed E-state index contributed by atoms with van der Waals surface area (Å²) < 4.78 is 1.73. The number of hydrogen-bond acceptors (Lipinski definition) is 6. The molecule has 4 heterocycles. The summed E-state index contributed by atoms with van der Waals surface area (Å²) in [5.74, 6) is -1.53. The summed E-state index contributed by atoms with van der Waals surface area (Å²) in [6.07, 6.45) is 5.74. The fourth-order valence-electron chi connectivity index (χ4n) is 4.08. The first-order chi connectivity index (χ1) is 14.9. The van der Waals surface area contributed by atoms with Crippen LogP contribution in [0.5, 0.6) is 0 Å². The van der Waals surface area contributed by atoms with Crippen LogP contribution in [0.25, 0.3) is 11.4 Å². The molecule has 1 fully saturated rings. The van der Waals surface area contributed by atoms with Crippen LogP contribution >= 0.6 is 0 Å². The fraction of sp³-hybridized carbons (Fsp3) is 0.304. The molecule has 1 amide bonds. The largest absolute Gasteiger partial charge is 0.505 e. The zero-order valence-electron chi connectivity index (χ0n) is 17.8. The number of pyridine rings is 2. The molecule has 0 aromatic carbocycles. The number of rotatable bonds is 6. The van der Waals surface area contributed by atoms with Crippen LogP contribution in [0, 0.1) is 6.92 Å². The van der Waals surface area contributed by atoms with Gasteiger partial charge in [-0.3, -0.25) is 19.0 Å². The Hall–Kier alpha value is -3.52. The van der Waals surface area contributed by atoms with Crippen molar-refractivity contribution in [1.82, 2.24) is 24.2 Å². The summed E-state index contributed by atoms with van der Waals surface area (Å²) in [5.41, 5.74) is 2.39. The lowest BCUT2D eigenvalue weighted by Gasteiger charge is -2.25. The molecule has 0 spiro atoms. The SMILES string of the molecule is Cc1nc2ccccn2c1C(O)=C1C(=O)C(=O)N(CCCN(C)C)[C@@H]1c1cccnc1. The minimum Gasteiger partial charge on any atom is -0.505 e. The van der Waals surface area contributed by atoms with E-state index in [2.05, 4.69) is 9.97 Å². The van der Waals surface area contributed by atoms with Crippen molar-refractivity contribution in [3.63, 3.8) is 0 Å². The highest BCUT2D eigenvalue weighted by molar-refractivity contribution is 6.46. The Morgan fingerprint density at radius 2 is 2.00 bits per heavy atom. The number of fused-ring (bicyclic) bond motifs is 1. The van der Waals surface area contributed by atoms with E-state index < -0.39 is 17.7 Å². The minimum absolute atomic E-state index is 0.0663. The number of imidazole rings is 1. The second-order valence-electron chi connectivity index (χ2n) is 7.91. The quantitative estimate of drug-likeness (QED) is 0.375. The molecule has 3 aromatic heterocycles. The zero-order chi connectivity index (χ0) is 22.1. The van der Waals surface area contributed by atoms with E-state index in [9.17, 15) is 14.7 Å². The lowest BCUT2D eigenvalue weighted by atomic mass is 9.97. The van der Waals surface area contributed by atoms with E-state index in [4.69, 9.17) is 0 Å². The lowest BCUT2D eigenvalue weighted by Crippen LogP contribution is -2.32. The van der Waals surface area contributed by atoms with Gasteiger partial charge in [-0.15, -0.1) is 0 Å². The van der Waals surface area contributed by atoms with Gasteiger partial charge in [-0.25, -0.2) is 4.98 Å². The van der Waals surface area contributed by atoms with Gasteiger partial charge in [-0.05, 0) is 57.7 Å². The van der Waals surface area contributed by atoms with Crippen molar-refractivity contribution < 1.29 is 14.7 Å². The van der Waals surface area contributed by atoms with Crippen LogP contribution < -0.4 is 0 Å². The molecule has 0 aliphatic carbocycles. The smallest absolute Gasteiger partial charge is 0.295 e. The highest BCUT2D eigenvalue weighted by atomic mass is 16.3. The number of aromatic nitrogens is 3. The molecule has 1 aliphatic rings. The Balaban J connectivity index is 1.86. The number of likely N-dealkylation sites (tertiary alicyclic amines) is 1. The number of nitrogens with zero attached hydrogens (tertiary/aromatic N) is 5. The van der Waals surface area contributed by atoms with Crippen molar-refractivity contribution in [3.8, 4) is 0 Å². The minimum atomic E-state index is -0.704. The predicted molar refractivity (Wildman–Crippen MR) is 116 cm³/mol. The van der Waals surface area contributed by atoms with Crippen LogP contribution in [0.3, 0.4) is 0 Å². The average molecular weight is 419 g/mol. The van der Waals surface area contributed by atoms with E-state index in [-0.39, 0.29) is 11.3 Å². The van der Waals surface area contributed by atoms with Crippen molar-refractivity contribution in [3.05, 3.63) is 71.4 Å². The number of amides is 1. The normalized spacial score (nSPS) is 18.5. The van der Waals surface area contributed by atoms with Crippen LogP contribution in [0.2, 0.25) is 0 Å². The molecular weight excluding hydrogens is 394 g/mol. The fourth-order valence-corrected chi connectivity index (χ4v) is 4.08. The van der Waals surface area contributed by atoms with Crippen LogP contribution in [-0.4, -0.2) is 68.2 Å². The summed E-state index contributed by atoms with van der Waals surface area (Å²) in [4.78, 5) is 38.3. The third-order valence-corrected chi connectivity index (χ3v) is 5.47. The van der Waals surface area contributed by atoms with Gasteiger partial charge in [0.15, 0.2) is 5.76 Å². The topological polar surface area (TPSA) is 91.0 Å². The Kier molecular flexibility index (Phi) is 5.56. The van der Waals surface area contributed by atoms with Gasteiger partial charge < -0.3 is 14.9 Å². The average Bonchev–Trinajstić information content (AvgIpc) is 3.22. The molecule has 0 unspecified atom stereocenters. The maximum absolute atomic E-state index is 13.1. The molecule has 8 nitrogen and oxygen atoms in total. The van der Waals surface area contributed by atoms with E-state index in [1.165, 1.54) is 4.90 Å². The molecule has 3 aromatic rings. The molecule has 1 atom stereocenters. The molecule has 0 bridgehead atoms. The molecule has 0 radical (unpaired) electrons. The van der Waals surface area contributed by atoms with Crippen LogP contribution in [0.15, 0.2) is 54.5 Å². The molecule has 8 heteroatoms. The standard InChI is InChI=1S/C23H25N5O3/c1-15-19(27-12-5-4-9-17(27)25-15)21(29)18-20(16-8-6-10-24-14-16)28(23(31)22(18)30)13-7-11-26(2)3/h4-6,8-10,12,14,20,29H,7,11,13H2,1-3H3/t20-/m1/s1. The van der Waals surface area contributed by atoms with E-state index in [1.54, 1.807) is 36.0 Å². The Morgan fingerprint density at radius 3 is 2.71 bits per heavy atom. The zero-order valence-corrected chi connectivity index (χ0v) is 17.8.